The summed E-state index contributed by atoms with van der Waals surface area (Å²) in [5, 5.41) is 19.6. The van der Waals surface area contributed by atoms with Gasteiger partial charge in [0.25, 0.3) is 0 Å². The standard InChI is InChI=1S/C23H34N2O7S/c1-16-12-25(17(2)14-26)33(29,30)21-8-7-18(9-10-23(3,4)28)11-19(21)32-20(16)13-24(5)22(27)15-31-6/h7-8,11,16-17,20,26,28H,12-15H2,1-6H3/t16-,17-,20-/m1/s1. The highest BCUT2D eigenvalue weighted by Gasteiger charge is 2.38. The van der Waals surface area contributed by atoms with Crippen molar-refractivity contribution in [1.29, 1.82) is 0 Å². The molecule has 1 amide bonds. The number of hydrogen-bond donors (Lipinski definition) is 2. The zero-order chi connectivity index (χ0) is 25.0. The van der Waals surface area contributed by atoms with Crippen LogP contribution < -0.4 is 4.74 Å². The third-order valence-corrected chi connectivity index (χ3v) is 7.35. The average molecular weight is 483 g/mol. The highest BCUT2D eigenvalue weighted by Crippen LogP contribution is 2.34. The molecule has 1 aromatic carbocycles. The van der Waals surface area contributed by atoms with Crippen molar-refractivity contribution in [3.05, 3.63) is 23.8 Å². The van der Waals surface area contributed by atoms with Crippen LogP contribution in [-0.4, -0.2) is 92.0 Å². The van der Waals surface area contributed by atoms with Crippen molar-refractivity contribution in [2.24, 2.45) is 5.92 Å². The van der Waals surface area contributed by atoms with Gasteiger partial charge in [0.05, 0.1) is 13.2 Å². The second-order valence-corrected chi connectivity index (χ2v) is 10.8. The van der Waals surface area contributed by atoms with Gasteiger partial charge < -0.3 is 24.6 Å². The fraction of sp³-hybridized carbons (Fsp3) is 0.609. The molecule has 2 rings (SSSR count). The Morgan fingerprint density at radius 2 is 2.09 bits per heavy atom. The third-order valence-electron chi connectivity index (χ3n) is 5.33. The summed E-state index contributed by atoms with van der Waals surface area (Å²) in [7, 11) is -0.905. The Hall–Kier alpha value is -2.16. The SMILES string of the molecule is COCC(=O)N(C)C[C@H]1Oc2cc(C#CC(C)(C)O)ccc2S(=O)(=O)N([C@H](C)CO)C[C@H]1C. The van der Waals surface area contributed by atoms with Gasteiger partial charge in [0, 0.05) is 38.2 Å². The maximum absolute atomic E-state index is 13.5. The molecule has 2 N–H and O–H groups in total. The number of aliphatic hydroxyl groups is 2. The number of ether oxygens (including phenoxy) is 2. The minimum absolute atomic E-state index is 0.0422. The van der Waals surface area contributed by atoms with E-state index in [0.717, 1.165) is 0 Å². The molecule has 0 fully saturated rings. The second kappa shape index (κ2) is 10.8. The topological polar surface area (TPSA) is 117 Å². The van der Waals surface area contributed by atoms with Gasteiger partial charge in [0.2, 0.25) is 15.9 Å². The van der Waals surface area contributed by atoms with Crippen molar-refractivity contribution in [1.82, 2.24) is 9.21 Å². The molecule has 9 nitrogen and oxygen atoms in total. The number of likely N-dealkylation sites (N-methyl/N-ethyl adjacent to an activating group) is 1. The number of carbonyl (C=O) groups excluding carboxylic acids is 1. The molecule has 10 heteroatoms. The van der Waals surface area contributed by atoms with Crippen LogP contribution in [0.15, 0.2) is 23.1 Å². The first-order chi connectivity index (χ1) is 15.3. The lowest BCUT2D eigenvalue weighted by molar-refractivity contribution is -0.135. The molecule has 0 aromatic heterocycles. The van der Waals surface area contributed by atoms with Crippen LogP contribution in [-0.2, 0) is 19.6 Å². The van der Waals surface area contributed by atoms with E-state index in [1.54, 1.807) is 33.9 Å². The number of benzene rings is 1. The van der Waals surface area contributed by atoms with Crippen molar-refractivity contribution >= 4 is 15.9 Å². The minimum atomic E-state index is -3.97. The maximum atomic E-state index is 13.5. The predicted octanol–water partition coefficient (Wildman–Crippen LogP) is 0.682. The van der Waals surface area contributed by atoms with E-state index in [1.807, 2.05) is 6.92 Å². The van der Waals surface area contributed by atoms with E-state index < -0.39 is 27.8 Å². The molecular weight excluding hydrogens is 448 g/mol. The Balaban J connectivity index is 2.57. The van der Waals surface area contributed by atoms with Crippen molar-refractivity contribution < 1.29 is 32.9 Å². The summed E-state index contributed by atoms with van der Waals surface area (Å²) in [4.78, 5) is 13.7. The molecule has 1 aliphatic rings. The molecule has 0 spiro atoms. The Morgan fingerprint density at radius 3 is 2.67 bits per heavy atom. The molecule has 184 valence electrons. The number of fused-ring (bicyclic) bond motifs is 1. The highest BCUT2D eigenvalue weighted by atomic mass is 32.2. The van der Waals surface area contributed by atoms with Gasteiger partial charge in [-0.2, -0.15) is 4.31 Å². The van der Waals surface area contributed by atoms with Crippen LogP contribution >= 0.6 is 0 Å². The molecule has 0 aliphatic carbocycles. The van der Waals surface area contributed by atoms with Gasteiger partial charge in [0.1, 0.15) is 29.0 Å². The Kier molecular flexibility index (Phi) is 8.90. The number of aliphatic hydroxyl groups excluding tert-OH is 1. The number of sulfonamides is 1. The van der Waals surface area contributed by atoms with Crippen molar-refractivity contribution in [3.63, 3.8) is 0 Å². The first-order valence-electron chi connectivity index (χ1n) is 10.7. The van der Waals surface area contributed by atoms with Gasteiger partial charge in [-0.3, -0.25) is 4.79 Å². The number of rotatable bonds is 6. The van der Waals surface area contributed by atoms with Gasteiger partial charge in [-0.05, 0) is 39.0 Å². The lowest BCUT2D eigenvalue weighted by Crippen LogP contribution is -2.50. The van der Waals surface area contributed by atoms with Crippen molar-refractivity contribution in [2.45, 2.75) is 50.3 Å². The third kappa shape index (κ3) is 6.91. The normalized spacial score (nSPS) is 21.5. The lowest BCUT2D eigenvalue weighted by Gasteiger charge is -2.37. The molecule has 3 atom stereocenters. The quantitative estimate of drug-likeness (QED) is 0.573. The van der Waals surface area contributed by atoms with Crippen LogP contribution in [0.5, 0.6) is 5.75 Å². The molecule has 0 radical (unpaired) electrons. The van der Waals surface area contributed by atoms with E-state index in [9.17, 15) is 23.4 Å². The van der Waals surface area contributed by atoms with Crippen LogP contribution in [0.1, 0.15) is 33.3 Å². The monoisotopic (exact) mass is 482 g/mol. The Morgan fingerprint density at radius 1 is 1.42 bits per heavy atom. The Labute approximate surface area is 196 Å². The molecule has 33 heavy (non-hydrogen) atoms. The van der Waals surface area contributed by atoms with Gasteiger partial charge >= 0.3 is 0 Å². The second-order valence-electron chi connectivity index (χ2n) is 8.92. The van der Waals surface area contributed by atoms with Crippen LogP contribution in [0.4, 0.5) is 0 Å². The minimum Gasteiger partial charge on any atom is -0.487 e. The van der Waals surface area contributed by atoms with E-state index >= 15 is 0 Å². The van der Waals surface area contributed by atoms with Crippen LogP contribution in [0, 0.1) is 17.8 Å². The molecule has 0 saturated heterocycles. The van der Waals surface area contributed by atoms with Crippen LogP contribution in [0.25, 0.3) is 0 Å². The van der Waals surface area contributed by atoms with E-state index in [2.05, 4.69) is 11.8 Å². The van der Waals surface area contributed by atoms with Crippen molar-refractivity contribution in [2.75, 3.05) is 40.5 Å². The zero-order valence-corrected chi connectivity index (χ0v) is 20.8. The summed E-state index contributed by atoms with van der Waals surface area (Å²) < 4.78 is 39.3. The molecule has 0 saturated carbocycles. The molecule has 0 bridgehead atoms. The number of amides is 1. The molecular formula is C23H34N2O7S. The summed E-state index contributed by atoms with van der Waals surface area (Å²) in [5.74, 6) is 5.12. The lowest BCUT2D eigenvalue weighted by atomic mass is 10.0. The van der Waals surface area contributed by atoms with Crippen molar-refractivity contribution in [3.8, 4) is 17.6 Å². The van der Waals surface area contributed by atoms with E-state index in [4.69, 9.17) is 9.47 Å². The van der Waals surface area contributed by atoms with Crippen LogP contribution in [0.3, 0.4) is 0 Å². The summed E-state index contributed by atoms with van der Waals surface area (Å²) in [6.07, 6.45) is -0.532. The summed E-state index contributed by atoms with van der Waals surface area (Å²) in [6.45, 7) is 6.49. The van der Waals surface area contributed by atoms with Gasteiger partial charge in [-0.1, -0.05) is 18.8 Å². The Bertz CT molecular complexity index is 1010. The van der Waals surface area contributed by atoms with Crippen LogP contribution in [0.2, 0.25) is 0 Å². The zero-order valence-electron chi connectivity index (χ0n) is 20.0. The van der Waals surface area contributed by atoms with Gasteiger partial charge in [-0.15, -0.1) is 0 Å². The van der Waals surface area contributed by atoms with Gasteiger partial charge in [0.15, 0.2) is 0 Å². The summed E-state index contributed by atoms with van der Waals surface area (Å²) in [5.41, 5.74) is -0.741. The van der Waals surface area contributed by atoms with E-state index in [1.165, 1.54) is 28.4 Å². The first-order valence-corrected chi connectivity index (χ1v) is 12.2. The fourth-order valence-corrected chi connectivity index (χ4v) is 5.18. The average Bonchev–Trinajstić information content (AvgIpc) is 2.73. The van der Waals surface area contributed by atoms with Gasteiger partial charge in [-0.25, -0.2) is 8.42 Å². The molecule has 0 unspecified atom stereocenters. The maximum Gasteiger partial charge on any atom is 0.248 e. The van der Waals surface area contributed by atoms with E-state index in [0.29, 0.717) is 5.56 Å². The predicted molar refractivity (Wildman–Crippen MR) is 123 cm³/mol. The largest absolute Gasteiger partial charge is 0.487 e. The number of hydrogen-bond acceptors (Lipinski definition) is 7. The molecule has 1 aliphatic heterocycles. The number of carbonyl (C=O) groups is 1. The number of nitrogens with zero attached hydrogens (tertiary/aromatic N) is 2. The number of methoxy groups -OCH3 is 1. The smallest absolute Gasteiger partial charge is 0.248 e. The summed E-state index contributed by atoms with van der Waals surface area (Å²) in [6, 6.07) is 3.85. The molecule has 1 heterocycles. The van der Waals surface area contributed by atoms with E-state index in [-0.39, 0.29) is 48.8 Å². The first kappa shape index (κ1) is 27.1. The highest BCUT2D eigenvalue weighted by molar-refractivity contribution is 7.89. The molecule has 1 aromatic rings. The summed E-state index contributed by atoms with van der Waals surface area (Å²) >= 11 is 0. The fourth-order valence-electron chi connectivity index (χ4n) is 3.35.